The number of nitrogens with zero attached hydrogens (tertiary/aromatic N) is 2. The van der Waals surface area contributed by atoms with E-state index in [0.717, 1.165) is 45.1 Å². The predicted molar refractivity (Wildman–Crippen MR) is 115 cm³/mol. The number of hydrogen-bond donors (Lipinski definition) is 1. The van der Waals surface area contributed by atoms with Crippen molar-refractivity contribution in [2.24, 2.45) is 0 Å². The van der Waals surface area contributed by atoms with Gasteiger partial charge in [0.15, 0.2) is 0 Å². The Hall–Kier alpha value is -2.37. The first-order valence-corrected chi connectivity index (χ1v) is 11.5. The van der Waals surface area contributed by atoms with Crippen LogP contribution in [0.5, 0.6) is 0 Å². The van der Waals surface area contributed by atoms with Gasteiger partial charge in [-0.15, -0.1) is 0 Å². The van der Waals surface area contributed by atoms with E-state index < -0.39 is 6.04 Å². The van der Waals surface area contributed by atoms with Gasteiger partial charge in [0.1, 0.15) is 6.04 Å². The molecule has 1 aliphatic carbocycles. The highest BCUT2D eigenvalue weighted by molar-refractivity contribution is 6.04. The first-order valence-electron chi connectivity index (χ1n) is 11.5. The lowest BCUT2D eigenvalue weighted by molar-refractivity contribution is -0.133. The second-order valence-electron chi connectivity index (χ2n) is 9.13. The monoisotopic (exact) mass is 411 g/mol. The summed E-state index contributed by atoms with van der Waals surface area (Å²) in [6.07, 6.45) is 7.75. The molecule has 2 atom stereocenters. The molecule has 0 bridgehead atoms. The van der Waals surface area contributed by atoms with Crippen LogP contribution in [0.3, 0.4) is 0 Å². The third kappa shape index (κ3) is 4.09. The predicted octanol–water partition coefficient (Wildman–Crippen LogP) is 4.00. The van der Waals surface area contributed by atoms with Crippen LogP contribution < -0.4 is 5.32 Å². The average Bonchev–Trinajstić information content (AvgIpc) is 3.33. The quantitative estimate of drug-likeness (QED) is 0.745. The first-order chi connectivity index (χ1) is 14.5. The maximum absolute atomic E-state index is 13.0. The number of likely N-dealkylation sites (tertiary alicyclic amines) is 1. The van der Waals surface area contributed by atoms with Crippen LogP contribution >= 0.6 is 0 Å². The summed E-state index contributed by atoms with van der Waals surface area (Å²) in [5.74, 6) is -0.0688. The molecular formula is C24H33N3O3. The number of imide groups is 1. The molecule has 2 aliphatic heterocycles. The van der Waals surface area contributed by atoms with Gasteiger partial charge in [0, 0.05) is 19.0 Å². The molecule has 6 nitrogen and oxygen atoms in total. The minimum absolute atomic E-state index is 0.0275. The fourth-order valence-electron chi connectivity index (χ4n) is 5.22. The van der Waals surface area contributed by atoms with Gasteiger partial charge in [-0.05, 0) is 62.6 Å². The fraction of sp³-hybridized carbons (Fsp3) is 0.625. The van der Waals surface area contributed by atoms with E-state index in [1.54, 1.807) is 0 Å². The molecule has 0 aromatic heterocycles. The topological polar surface area (TPSA) is 69.7 Å². The third-order valence-corrected chi connectivity index (χ3v) is 7.13. The molecule has 6 heteroatoms. The van der Waals surface area contributed by atoms with Gasteiger partial charge in [0.25, 0.3) is 5.91 Å². The van der Waals surface area contributed by atoms with Crippen LogP contribution in [0.15, 0.2) is 18.2 Å². The smallest absolute Gasteiger partial charge is 0.325 e. The number of carbonyl (C=O) groups is 3. The lowest BCUT2D eigenvalue weighted by atomic mass is 9.94. The number of amides is 4. The minimum atomic E-state index is -0.564. The summed E-state index contributed by atoms with van der Waals surface area (Å²) in [5, 5.41) is 2.82. The molecule has 162 valence electrons. The van der Waals surface area contributed by atoms with Gasteiger partial charge in [0.2, 0.25) is 5.91 Å². The van der Waals surface area contributed by atoms with Crippen LogP contribution in [0.2, 0.25) is 0 Å². The molecule has 4 amide bonds. The van der Waals surface area contributed by atoms with Gasteiger partial charge in [-0.3, -0.25) is 14.5 Å². The molecule has 2 saturated heterocycles. The summed E-state index contributed by atoms with van der Waals surface area (Å²) in [4.78, 5) is 41.6. The second kappa shape index (κ2) is 8.78. The summed E-state index contributed by atoms with van der Waals surface area (Å²) >= 11 is 0. The average molecular weight is 412 g/mol. The Morgan fingerprint density at radius 3 is 2.53 bits per heavy atom. The highest BCUT2D eigenvalue weighted by atomic mass is 16.2. The van der Waals surface area contributed by atoms with Crippen LogP contribution in [0.25, 0.3) is 0 Å². The van der Waals surface area contributed by atoms with E-state index in [1.165, 1.54) is 28.0 Å². The maximum atomic E-state index is 13.0. The number of hydrogen-bond acceptors (Lipinski definition) is 3. The highest BCUT2D eigenvalue weighted by Crippen LogP contribution is 2.34. The van der Waals surface area contributed by atoms with E-state index in [4.69, 9.17) is 0 Å². The van der Waals surface area contributed by atoms with Crippen molar-refractivity contribution in [3.63, 3.8) is 0 Å². The number of nitrogens with one attached hydrogen (secondary N) is 1. The van der Waals surface area contributed by atoms with Crippen LogP contribution in [0.4, 0.5) is 4.79 Å². The van der Waals surface area contributed by atoms with Gasteiger partial charge in [-0.1, -0.05) is 37.5 Å². The Labute approximate surface area is 179 Å². The molecule has 1 N–H and O–H groups in total. The SMILES string of the molecule is Cc1ccc([C@@H]2CCCN2C(=O)CC[C@@H]2NC(=O)N(C3CCCCC3)C2=O)cc1C. The van der Waals surface area contributed by atoms with E-state index in [9.17, 15) is 14.4 Å². The lowest BCUT2D eigenvalue weighted by Gasteiger charge is -2.28. The molecule has 1 aromatic rings. The minimum Gasteiger partial charge on any atom is -0.336 e. The molecule has 1 saturated carbocycles. The Morgan fingerprint density at radius 2 is 1.80 bits per heavy atom. The maximum Gasteiger partial charge on any atom is 0.325 e. The molecule has 3 aliphatic rings. The molecule has 30 heavy (non-hydrogen) atoms. The van der Waals surface area contributed by atoms with Crippen LogP contribution in [0.1, 0.15) is 80.5 Å². The number of carbonyl (C=O) groups excluding carboxylic acids is 3. The Morgan fingerprint density at radius 1 is 1.03 bits per heavy atom. The molecular weight excluding hydrogens is 378 g/mol. The number of urea groups is 1. The molecule has 1 aromatic carbocycles. The Balaban J connectivity index is 1.36. The summed E-state index contributed by atoms with van der Waals surface area (Å²) in [5.41, 5.74) is 3.69. The first kappa shape index (κ1) is 20.9. The zero-order valence-electron chi connectivity index (χ0n) is 18.2. The van der Waals surface area contributed by atoms with Gasteiger partial charge < -0.3 is 10.2 Å². The summed E-state index contributed by atoms with van der Waals surface area (Å²) in [6, 6.07) is 5.74. The molecule has 2 heterocycles. The molecule has 3 fully saturated rings. The van der Waals surface area contributed by atoms with E-state index >= 15 is 0 Å². The van der Waals surface area contributed by atoms with E-state index in [2.05, 4.69) is 37.4 Å². The van der Waals surface area contributed by atoms with E-state index in [-0.39, 0.29) is 36.3 Å². The lowest BCUT2D eigenvalue weighted by Crippen LogP contribution is -2.42. The highest BCUT2D eigenvalue weighted by Gasteiger charge is 2.42. The summed E-state index contributed by atoms with van der Waals surface area (Å²) < 4.78 is 0. The van der Waals surface area contributed by atoms with Gasteiger partial charge >= 0.3 is 6.03 Å². The second-order valence-corrected chi connectivity index (χ2v) is 9.13. The summed E-state index contributed by atoms with van der Waals surface area (Å²) in [6.45, 7) is 4.96. The van der Waals surface area contributed by atoms with Crippen LogP contribution in [-0.2, 0) is 9.59 Å². The van der Waals surface area contributed by atoms with Gasteiger partial charge in [-0.2, -0.15) is 0 Å². The molecule has 0 unspecified atom stereocenters. The molecule has 0 spiro atoms. The number of rotatable bonds is 5. The normalized spacial score (nSPS) is 25.1. The Bertz CT molecular complexity index is 831. The van der Waals surface area contributed by atoms with E-state index in [1.807, 2.05) is 4.90 Å². The molecule has 4 rings (SSSR count). The van der Waals surface area contributed by atoms with Crippen molar-refractivity contribution in [2.45, 2.75) is 89.8 Å². The van der Waals surface area contributed by atoms with Crippen molar-refractivity contribution in [3.8, 4) is 0 Å². The van der Waals surface area contributed by atoms with Crippen molar-refractivity contribution in [3.05, 3.63) is 34.9 Å². The zero-order valence-corrected chi connectivity index (χ0v) is 18.2. The van der Waals surface area contributed by atoms with Crippen molar-refractivity contribution in [1.82, 2.24) is 15.1 Å². The largest absolute Gasteiger partial charge is 0.336 e. The van der Waals surface area contributed by atoms with Gasteiger partial charge in [0.05, 0.1) is 6.04 Å². The van der Waals surface area contributed by atoms with Crippen LogP contribution in [0, 0.1) is 13.8 Å². The van der Waals surface area contributed by atoms with Crippen molar-refractivity contribution in [2.75, 3.05) is 6.54 Å². The molecule has 0 radical (unpaired) electrons. The standard InChI is InChI=1S/C24H33N3O3/c1-16-10-11-18(15-17(16)2)21-9-6-14-26(21)22(28)13-12-20-23(29)27(24(30)25-20)19-7-4-3-5-8-19/h10-11,15,19-21H,3-9,12-14H2,1-2H3,(H,25,30)/t20-,21-/m0/s1. The van der Waals surface area contributed by atoms with Crippen LogP contribution in [-0.4, -0.2) is 46.3 Å². The van der Waals surface area contributed by atoms with Crippen molar-refractivity contribution >= 4 is 17.8 Å². The van der Waals surface area contributed by atoms with E-state index in [0.29, 0.717) is 6.42 Å². The summed E-state index contributed by atoms with van der Waals surface area (Å²) in [7, 11) is 0. The third-order valence-electron chi connectivity index (χ3n) is 7.13. The Kier molecular flexibility index (Phi) is 6.11. The van der Waals surface area contributed by atoms with Crippen molar-refractivity contribution < 1.29 is 14.4 Å². The zero-order chi connectivity index (χ0) is 21.3. The number of aryl methyl sites for hydroxylation is 2. The van der Waals surface area contributed by atoms with Gasteiger partial charge in [-0.25, -0.2) is 4.79 Å². The number of benzene rings is 1. The fourth-order valence-corrected chi connectivity index (χ4v) is 5.22. The van der Waals surface area contributed by atoms with Crippen molar-refractivity contribution in [1.29, 1.82) is 0 Å².